The van der Waals surface area contributed by atoms with Gasteiger partial charge in [-0.25, -0.2) is 24.2 Å². The topological polar surface area (TPSA) is 139 Å². The van der Waals surface area contributed by atoms with E-state index in [1.807, 2.05) is 73.5 Å². The molecule has 3 amide bonds. The summed E-state index contributed by atoms with van der Waals surface area (Å²) >= 11 is 0. The van der Waals surface area contributed by atoms with E-state index in [0.29, 0.717) is 50.1 Å². The van der Waals surface area contributed by atoms with Gasteiger partial charge in [-0.2, -0.15) is 5.10 Å². The highest BCUT2D eigenvalue weighted by atomic mass is 16.5. The summed E-state index contributed by atoms with van der Waals surface area (Å²) in [6.45, 7) is 3.95. The molecule has 0 aliphatic carbocycles. The van der Waals surface area contributed by atoms with Crippen LogP contribution in [0, 0.1) is 0 Å². The third-order valence-electron chi connectivity index (χ3n) is 9.48. The third kappa shape index (κ3) is 7.10. The predicted molar refractivity (Wildman–Crippen MR) is 186 cm³/mol. The first-order valence-corrected chi connectivity index (χ1v) is 16.9. The molecule has 0 spiro atoms. The van der Waals surface area contributed by atoms with Crippen molar-refractivity contribution < 1.29 is 23.8 Å². The highest BCUT2D eigenvalue weighted by molar-refractivity contribution is 6.00. The van der Waals surface area contributed by atoms with Gasteiger partial charge < -0.3 is 39.5 Å². The van der Waals surface area contributed by atoms with Gasteiger partial charge >= 0.3 is 12.1 Å². The van der Waals surface area contributed by atoms with Gasteiger partial charge in [0.1, 0.15) is 18.2 Å². The van der Waals surface area contributed by atoms with E-state index in [0.717, 1.165) is 60.4 Å². The van der Waals surface area contributed by atoms with Crippen molar-refractivity contribution >= 4 is 40.4 Å². The summed E-state index contributed by atoms with van der Waals surface area (Å²) in [7, 11) is 5.41. The number of likely N-dealkylation sites (tertiary alicyclic amines) is 1. The van der Waals surface area contributed by atoms with Gasteiger partial charge in [0.2, 0.25) is 0 Å². The first-order valence-electron chi connectivity index (χ1n) is 16.9. The van der Waals surface area contributed by atoms with Crippen LogP contribution in [-0.2, 0) is 9.47 Å². The zero-order chi connectivity index (χ0) is 33.9. The molecule has 0 radical (unpaired) electrons. The minimum Gasteiger partial charge on any atom is -0.492 e. The number of methoxy groups -OCH3 is 1. The van der Waals surface area contributed by atoms with Crippen molar-refractivity contribution in [1.29, 1.82) is 0 Å². The summed E-state index contributed by atoms with van der Waals surface area (Å²) in [5.74, 6) is 2.22. The Morgan fingerprint density at radius 2 is 1.55 bits per heavy atom. The Labute approximate surface area is 285 Å². The monoisotopic (exact) mass is 669 g/mol. The number of hydrogen-bond donors (Lipinski definition) is 2. The Morgan fingerprint density at radius 1 is 0.898 bits per heavy atom. The quantitative estimate of drug-likeness (QED) is 0.254. The second-order valence-electron chi connectivity index (χ2n) is 13.0. The lowest BCUT2D eigenvalue weighted by Crippen LogP contribution is -2.46. The van der Waals surface area contributed by atoms with Crippen LogP contribution in [0.2, 0.25) is 0 Å². The van der Waals surface area contributed by atoms with Crippen LogP contribution >= 0.6 is 0 Å². The van der Waals surface area contributed by atoms with Gasteiger partial charge in [-0.3, -0.25) is 0 Å². The maximum absolute atomic E-state index is 12.8. The molecule has 4 aromatic rings. The zero-order valence-electron chi connectivity index (χ0n) is 28.2. The van der Waals surface area contributed by atoms with Crippen LogP contribution < -0.4 is 20.3 Å². The molecule has 0 saturated carbocycles. The van der Waals surface area contributed by atoms with Crippen LogP contribution in [-0.4, -0.2) is 114 Å². The molecule has 14 heteroatoms. The first kappa shape index (κ1) is 32.6. The molecule has 2 aromatic carbocycles. The first-order chi connectivity index (χ1) is 23.9. The Kier molecular flexibility index (Phi) is 9.49. The van der Waals surface area contributed by atoms with Gasteiger partial charge in [-0.1, -0.05) is 0 Å². The summed E-state index contributed by atoms with van der Waals surface area (Å²) in [4.78, 5) is 41.3. The molecule has 2 bridgehead atoms. The molecule has 2 N–H and O–H groups in total. The van der Waals surface area contributed by atoms with E-state index in [2.05, 4.69) is 20.4 Å². The number of benzene rings is 2. The normalized spacial score (nSPS) is 19.3. The molecule has 3 saturated heterocycles. The summed E-state index contributed by atoms with van der Waals surface area (Å²) in [5.41, 5.74) is 2.90. The minimum absolute atomic E-state index is 0.0901. The third-order valence-corrected chi connectivity index (χ3v) is 9.48. The van der Waals surface area contributed by atoms with Gasteiger partial charge in [0.15, 0.2) is 11.5 Å². The largest absolute Gasteiger partial charge is 0.492 e. The summed E-state index contributed by atoms with van der Waals surface area (Å²) in [6.07, 6.45) is 5.20. The van der Waals surface area contributed by atoms with Crippen LogP contribution in [0.25, 0.3) is 22.4 Å². The van der Waals surface area contributed by atoms with E-state index in [1.165, 1.54) is 7.11 Å². The molecule has 3 aliphatic heterocycles. The maximum atomic E-state index is 12.8. The number of likely N-dealkylation sites (N-methyl/N-ethyl adjacent to an activating group) is 1. The van der Waals surface area contributed by atoms with Crippen molar-refractivity contribution in [2.75, 3.05) is 76.2 Å². The minimum atomic E-state index is -0.348. The Bertz CT molecular complexity index is 1750. The molecule has 5 heterocycles. The standard InChI is InChI=1S/C35H43N9O5/c1-41(2)18-19-49-29-12-8-25(9-13-29)38-34(45)37-24-6-4-23(5-7-24)31-39-32(43-27-10-11-28(43)22-48-21-27)30-20-36-44(33(30)40-31)26-14-16-42(17-15-26)35(46)47-3/h4-9,12-13,20,26-28H,10-11,14-19,21-22H2,1-3H3,(H2,37,38,45). The summed E-state index contributed by atoms with van der Waals surface area (Å²) in [5, 5.41) is 11.5. The lowest BCUT2D eigenvalue weighted by Gasteiger charge is -2.36. The smallest absolute Gasteiger partial charge is 0.409 e. The molecule has 258 valence electrons. The van der Waals surface area contributed by atoms with E-state index in [1.54, 1.807) is 4.90 Å². The van der Waals surface area contributed by atoms with Crippen molar-refractivity contribution in [1.82, 2.24) is 29.5 Å². The molecule has 14 nitrogen and oxygen atoms in total. The van der Waals surface area contributed by atoms with Crippen molar-refractivity contribution in [3.63, 3.8) is 0 Å². The Hall–Kier alpha value is -4.95. The molecule has 3 aliphatic rings. The van der Waals surface area contributed by atoms with Crippen LogP contribution in [0.4, 0.5) is 26.8 Å². The molecule has 2 aromatic heterocycles. The number of aromatic nitrogens is 4. The molecule has 2 unspecified atom stereocenters. The van der Waals surface area contributed by atoms with Crippen LogP contribution in [0.15, 0.2) is 54.7 Å². The number of rotatable bonds is 9. The number of amides is 3. The van der Waals surface area contributed by atoms with Gasteiger partial charge in [-0.05, 0) is 88.3 Å². The summed E-state index contributed by atoms with van der Waals surface area (Å²) in [6, 6.07) is 15.1. The van der Waals surface area contributed by atoms with Gasteiger partial charge in [0.05, 0.1) is 50.0 Å². The van der Waals surface area contributed by atoms with Crippen molar-refractivity contribution in [2.24, 2.45) is 0 Å². The molecule has 3 fully saturated rings. The number of urea groups is 1. The van der Waals surface area contributed by atoms with E-state index in [-0.39, 0.29) is 30.2 Å². The van der Waals surface area contributed by atoms with Gasteiger partial charge in [-0.15, -0.1) is 0 Å². The molecular weight excluding hydrogens is 626 g/mol. The van der Waals surface area contributed by atoms with Gasteiger partial charge in [0, 0.05) is 36.6 Å². The fourth-order valence-corrected chi connectivity index (χ4v) is 6.88. The number of nitrogens with one attached hydrogen (secondary N) is 2. The Balaban J connectivity index is 1.09. The summed E-state index contributed by atoms with van der Waals surface area (Å²) < 4.78 is 18.6. The fourth-order valence-electron chi connectivity index (χ4n) is 6.88. The number of fused-ring (bicyclic) bond motifs is 3. The number of carbonyl (C=O) groups excluding carboxylic acids is 2. The molecule has 7 rings (SSSR count). The second-order valence-corrected chi connectivity index (χ2v) is 13.0. The molecule has 49 heavy (non-hydrogen) atoms. The number of morpholine rings is 1. The number of piperidine rings is 1. The van der Waals surface area contributed by atoms with E-state index < -0.39 is 0 Å². The van der Waals surface area contributed by atoms with E-state index >= 15 is 0 Å². The lowest BCUT2D eigenvalue weighted by molar-refractivity contribution is 0.0904. The van der Waals surface area contributed by atoms with Crippen LogP contribution in [0.1, 0.15) is 31.7 Å². The molecule has 2 atom stereocenters. The van der Waals surface area contributed by atoms with Crippen molar-refractivity contribution in [3.05, 3.63) is 54.7 Å². The van der Waals surface area contributed by atoms with Crippen LogP contribution in [0.5, 0.6) is 5.75 Å². The average molecular weight is 670 g/mol. The van der Waals surface area contributed by atoms with Crippen molar-refractivity contribution in [3.8, 4) is 17.1 Å². The number of nitrogens with zero attached hydrogens (tertiary/aromatic N) is 7. The fraction of sp³-hybridized carbons (Fsp3) is 0.457. The van der Waals surface area contributed by atoms with Crippen LogP contribution in [0.3, 0.4) is 0 Å². The van der Waals surface area contributed by atoms with E-state index in [9.17, 15) is 9.59 Å². The van der Waals surface area contributed by atoms with E-state index in [4.69, 9.17) is 29.3 Å². The number of hydrogen-bond acceptors (Lipinski definition) is 10. The average Bonchev–Trinajstić information content (AvgIpc) is 3.65. The highest BCUT2D eigenvalue weighted by Crippen LogP contribution is 2.38. The number of carbonyl (C=O) groups is 2. The number of ether oxygens (including phenoxy) is 3. The number of anilines is 3. The second kappa shape index (κ2) is 14.3. The SMILES string of the molecule is COC(=O)N1CCC(n2ncc3c(N4C5CCC4COC5)nc(-c4ccc(NC(=O)Nc5ccc(OCCN(C)C)cc5)cc4)nc32)CC1. The van der Waals surface area contributed by atoms with Gasteiger partial charge in [0.25, 0.3) is 0 Å². The Morgan fingerprint density at radius 3 is 2.18 bits per heavy atom. The zero-order valence-corrected chi connectivity index (χ0v) is 28.2. The maximum Gasteiger partial charge on any atom is 0.409 e. The molecular formula is C35H43N9O5. The lowest BCUT2D eigenvalue weighted by atomic mass is 10.1. The predicted octanol–water partition coefficient (Wildman–Crippen LogP) is 4.85. The highest BCUT2D eigenvalue weighted by Gasteiger charge is 2.40. The van der Waals surface area contributed by atoms with Crippen molar-refractivity contribution in [2.45, 2.75) is 43.8 Å².